The Bertz CT molecular complexity index is 856. The standard InChI is InChI=1S/C16H10F21I/c17-7(18,6-3-1-2-5(6)4-38)8(19,20)9(21,22)10(23,24)11(25,26)12(27,28)13(29,30)14(31,32)15(33,34)16(35,36)37/h5-6H,1-4H2. The molecule has 38 heavy (non-hydrogen) atoms. The third-order valence-electron chi connectivity index (χ3n) is 5.86. The lowest BCUT2D eigenvalue weighted by Crippen LogP contribution is -2.77. The van der Waals surface area contributed by atoms with E-state index in [-0.39, 0.29) is 0 Å². The molecule has 0 amide bonds. The molecule has 0 aliphatic heterocycles. The summed E-state index contributed by atoms with van der Waals surface area (Å²) in [6, 6.07) is 0. The predicted molar refractivity (Wildman–Crippen MR) is 90.3 cm³/mol. The number of hydrogen-bond acceptors (Lipinski definition) is 0. The molecule has 0 nitrogen and oxygen atoms in total. The Morgan fingerprint density at radius 2 is 0.711 bits per heavy atom. The van der Waals surface area contributed by atoms with E-state index in [2.05, 4.69) is 0 Å². The lowest BCUT2D eigenvalue weighted by Gasteiger charge is -2.45. The normalized spacial score (nSPS) is 22.3. The van der Waals surface area contributed by atoms with Crippen LogP contribution in [0, 0.1) is 11.8 Å². The fraction of sp³-hybridized carbons (Fsp3) is 1.00. The van der Waals surface area contributed by atoms with E-state index >= 15 is 0 Å². The van der Waals surface area contributed by atoms with Gasteiger partial charge in [0.1, 0.15) is 0 Å². The average molecular weight is 728 g/mol. The SMILES string of the molecule is FC(F)(F)C(F)(F)C(F)(F)C(F)(F)C(F)(F)C(F)(F)C(F)(F)C(F)(F)C(F)(F)C(F)(F)C1CCCC1CI. The monoisotopic (exact) mass is 728 g/mol. The van der Waals surface area contributed by atoms with Gasteiger partial charge in [0.25, 0.3) is 0 Å². The van der Waals surface area contributed by atoms with Crippen molar-refractivity contribution in [3.8, 4) is 0 Å². The van der Waals surface area contributed by atoms with Crippen LogP contribution in [0.3, 0.4) is 0 Å². The van der Waals surface area contributed by atoms with Crippen LogP contribution in [0.15, 0.2) is 0 Å². The summed E-state index contributed by atoms with van der Waals surface area (Å²) in [6.07, 6.45) is -10.0. The first-order valence-electron chi connectivity index (χ1n) is 9.33. The van der Waals surface area contributed by atoms with E-state index in [9.17, 15) is 92.2 Å². The molecule has 22 heteroatoms. The first-order chi connectivity index (χ1) is 16.3. The molecule has 2 atom stereocenters. The van der Waals surface area contributed by atoms with Crippen molar-refractivity contribution in [2.75, 3.05) is 4.43 Å². The zero-order valence-corrected chi connectivity index (χ0v) is 19.5. The summed E-state index contributed by atoms with van der Waals surface area (Å²) in [6.45, 7) is 0. The van der Waals surface area contributed by atoms with Crippen molar-refractivity contribution < 1.29 is 92.2 Å². The first kappa shape index (κ1) is 35.3. The van der Waals surface area contributed by atoms with E-state index in [1.165, 1.54) is 22.6 Å². The van der Waals surface area contributed by atoms with E-state index in [1.54, 1.807) is 0 Å². The van der Waals surface area contributed by atoms with Crippen molar-refractivity contribution in [2.24, 2.45) is 11.8 Å². The molecule has 1 aliphatic carbocycles. The maximum Gasteiger partial charge on any atom is 0.460 e. The van der Waals surface area contributed by atoms with Crippen molar-refractivity contribution in [1.82, 2.24) is 0 Å². The molecule has 1 saturated carbocycles. The zero-order chi connectivity index (χ0) is 31.0. The molecule has 0 heterocycles. The minimum Gasteiger partial charge on any atom is -0.199 e. The van der Waals surface area contributed by atoms with Crippen LogP contribution in [0.4, 0.5) is 92.2 Å². The number of hydrogen-bond donors (Lipinski definition) is 0. The van der Waals surface area contributed by atoms with E-state index in [0.717, 1.165) is 0 Å². The average Bonchev–Trinajstić information content (AvgIpc) is 3.21. The largest absolute Gasteiger partial charge is 0.460 e. The number of halogens is 22. The molecule has 0 bridgehead atoms. The molecule has 0 spiro atoms. The van der Waals surface area contributed by atoms with Gasteiger partial charge in [-0.05, 0) is 18.8 Å². The summed E-state index contributed by atoms with van der Waals surface area (Å²) in [5.74, 6) is -80.9. The Morgan fingerprint density at radius 1 is 0.421 bits per heavy atom. The Hall–Kier alpha value is -0.740. The van der Waals surface area contributed by atoms with Crippen LogP contribution in [-0.2, 0) is 0 Å². The fourth-order valence-corrected chi connectivity index (χ4v) is 4.56. The molecule has 0 radical (unpaired) electrons. The van der Waals surface area contributed by atoms with Gasteiger partial charge in [-0.3, -0.25) is 0 Å². The van der Waals surface area contributed by atoms with Crippen LogP contribution in [0.1, 0.15) is 19.3 Å². The van der Waals surface area contributed by atoms with Gasteiger partial charge in [-0.2, -0.15) is 92.2 Å². The summed E-state index contributed by atoms with van der Waals surface area (Å²) in [4.78, 5) is 0. The van der Waals surface area contributed by atoms with Gasteiger partial charge < -0.3 is 0 Å². The minimum absolute atomic E-state index is 0.440. The first-order valence-corrected chi connectivity index (χ1v) is 10.9. The highest BCUT2D eigenvalue weighted by atomic mass is 127. The second-order valence-corrected chi connectivity index (χ2v) is 9.05. The van der Waals surface area contributed by atoms with Gasteiger partial charge in [0.2, 0.25) is 0 Å². The van der Waals surface area contributed by atoms with Crippen molar-refractivity contribution >= 4 is 22.6 Å². The third-order valence-corrected chi connectivity index (χ3v) is 6.99. The summed E-state index contributed by atoms with van der Waals surface area (Å²) in [5, 5.41) is 0. The van der Waals surface area contributed by atoms with Crippen molar-refractivity contribution in [2.45, 2.75) is 78.7 Å². The predicted octanol–water partition coefficient (Wildman–Crippen LogP) is 9.12. The molecule has 1 aliphatic rings. The van der Waals surface area contributed by atoms with Gasteiger partial charge in [0.15, 0.2) is 0 Å². The molecular formula is C16H10F21I. The quantitative estimate of drug-likeness (QED) is 0.120. The maximum atomic E-state index is 14.3. The van der Waals surface area contributed by atoms with Crippen molar-refractivity contribution in [1.29, 1.82) is 0 Å². The summed E-state index contributed by atoms with van der Waals surface area (Å²) in [7, 11) is 0. The van der Waals surface area contributed by atoms with Gasteiger partial charge in [-0.25, -0.2) is 0 Å². The fourth-order valence-electron chi connectivity index (χ4n) is 3.50. The number of alkyl halides is 22. The third kappa shape index (κ3) is 4.29. The van der Waals surface area contributed by atoms with Crippen molar-refractivity contribution in [3.05, 3.63) is 0 Å². The van der Waals surface area contributed by atoms with Crippen LogP contribution in [-0.4, -0.2) is 63.9 Å². The second-order valence-electron chi connectivity index (χ2n) is 8.17. The van der Waals surface area contributed by atoms with E-state index in [0.29, 0.717) is 0 Å². The number of rotatable bonds is 10. The Labute approximate surface area is 210 Å². The second kappa shape index (κ2) is 9.40. The maximum absolute atomic E-state index is 14.3. The molecule has 0 aromatic carbocycles. The van der Waals surface area contributed by atoms with E-state index in [4.69, 9.17) is 0 Å². The van der Waals surface area contributed by atoms with Crippen LogP contribution in [0.25, 0.3) is 0 Å². The van der Waals surface area contributed by atoms with Gasteiger partial charge in [-0.1, -0.05) is 29.0 Å². The Morgan fingerprint density at radius 3 is 1.00 bits per heavy atom. The molecule has 2 unspecified atom stereocenters. The van der Waals surface area contributed by atoms with Crippen LogP contribution in [0.5, 0.6) is 0 Å². The van der Waals surface area contributed by atoms with Gasteiger partial charge in [0.05, 0.1) is 0 Å². The highest BCUT2D eigenvalue weighted by Crippen LogP contribution is 2.67. The lowest BCUT2D eigenvalue weighted by molar-refractivity contribution is -0.475. The van der Waals surface area contributed by atoms with Gasteiger partial charge in [0, 0.05) is 10.3 Å². The smallest absolute Gasteiger partial charge is 0.199 e. The molecule has 0 N–H and O–H groups in total. The zero-order valence-electron chi connectivity index (χ0n) is 17.3. The van der Waals surface area contributed by atoms with Crippen LogP contribution < -0.4 is 0 Å². The van der Waals surface area contributed by atoms with Crippen LogP contribution in [0.2, 0.25) is 0 Å². The molecule has 228 valence electrons. The molecule has 0 aromatic heterocycles. The van der Waals surface area contributed by atoms with Crippen molar-refractivity contribution in [3.63, 3.8) is 0 Å². The molecular weight excluding hydrogens is 718 g/mol. The summed E-state index contributed by atoms with van der Waals surface area (Å²) >= 11 is 1.23. The van der Waals surface area contributed by atoms with Gasteiger partial charge >= 0.3 is 59.5 Å². The summed E-state index contributed by atoms with van der Waals surface area (Å²) < 4.78 is 281. The topological polar surface area (TPSA) is 0 Å². The highest BCUT2D eigenvalue weighted by molar-refractivity contribution is 14.1. The summed E-state index contributed by atoms with van der Waals surface area (Å²) in [5.41, 5.74) is 0. The molecule has 0 saturated heterocycles. The highest BCUT2D eigenvalue weighted by Gasteiger charge is 2.98. The lowest BCUT2D eigenvalue weighted by atomic mass is 9.81. The molecule has 1 rings (SSSR count). The Balaban J connectivity index is 3.76. The Kier molecular flexibility index (Phi) is 8.73. The van der Waals surface area contributed by atoms with Crippen LogP contribution >= 0.6 is 22.6 Å². The molecule has 0 aromatic rings. The van der Waals surface area contributed by atoms with Gasteiger partial charge in [-0.15, -0.1) is 0 Å². The minimum atomic E-state index is -9.13. The molecule has 1 fully saturated rings. The van der Waals surface area contributed by atoms with E-state index < -0.39 is 95.0 Å². The van der Waals surface area contributed by atoms with E-state index in [1.807, 2.05) is 0 Å².